The van der Waals surface area contributed by atoms with Gasteiger partial charge in [-0.25, -0.2) is 0 Å². The van der Waals surface area contributed by atoms with E-state index < -0.39 is 5.60 Å². The molecule has 0 saturated heterocycles. The van der Waals surface area contributed by atoms with Gasteiger partial charge in [0.2, 0.25) is 0 Å². The summed E-state index contributed by atoms with van der Waals surface area (Å²) in [7, 11) is 0. The molecule has 0 aliphatic heterocycles. The maximum Gasteiger partial charge on any atom is 0.0825 e. The molecule has 1 fully saturated rings. The van der Waals surface area contributed by atoms with Crippen LogP contribution < -0.4 is 0 Å². The van der Waals surface area contributed by atoms with Crippen molar-refractivity contribution in [2.24, 2.45) is 17.3 Å². The highest BCUT2D eigenvalue weighted by molar-refractivity contribution is 5.14. The van der Waals surface area contributed by atoms with Crippen LogP contribution in [-0.2, 0) is 0 Å². The van der Waals surface area contributed by atoms with E-state index in [1.54, 1.807) is 6.08 Å². The van der Waals surface area contributed by atoms with E-state index in [9.17, 15) is 5.11 Å². The van der Waals surface area contributed by atoms with Gasteiger partial charge in [-0.3, -0.25) is 0 Å². The molecule has 4 atom stereocenters. The van der Waals surface area contributed by atoms with Crippen LogP contribution in [-0.4, -0.2) is 10.7 Å². The fourth-order valence-electron chi connectivity index (χ4n) is 3.04. The second-order valence-corrected chi connectivity index (χ2v) is 6.01. The Bertz CT molecular complexity index is 326. The Morgan fingerprint density at radius 1 is 1.47 bits per heavy atom. The first-order chi connectivity index (χ1) is 7.77. The van der Waals surface area contributed by atoms with E-state index in [4.69, 9.17) is 0 Å². The van der Waals surface area contributed by atoms with E-state index in [1.807, 2.05) is 6.92 Å². The third-order valence-corrected chi connectivity index (χ3v) is 4.65. The molecule has 1 N–H and O–H groups in total. The van der Waals surface area contributed by atoms with Crippen LogP contribution in [0, 0.1) is 17.3 Å². The van der Waals surface area contributed by atoms with Crippen LogP contribution in [0.1, 0.15) is 40.0 Å². The molecule has 1 heteroatoms. The maximum absolute atomic E-state index is 10.3. The van der Waals surface area contributed by atoms with E-state index in [0.717, 1.165) is 19.3 Å². The van der Waals surface area contributed by atoms with Crippen molar-refractivity contribution in [3.05, 3.63) is 37.5 Å². The normalized spacial score (nSPS) is 36.9. The van der Waals surface area contributed by atoms with Crippen molar-refractivity contribution < 1.29 is 5.11 Å². The second-order valence-electron chi connectivity index (χ2n) is 6.01. The van der Waals surface area contributed by atoms with Gasteiger partial charge in [0.1, 0.15) is 0 Å². The molecule has 0 heterocycles. The zero-order chi connectivity index (χ0) is 13.3. The van der Waals surface area contributed by atoms with E-state index in [2.05, 4.69) is 39.7 Å². The Morgan fingerprint density at radius 3 is 2.47 bits per heavy atom. The highest BCUT2D eigenvalue weighted by Crippen LogP contribution is 2.49. The molecule has 0 amide bonds. The van der Waals surface area contributed by atoms with Gasteiger partial charge in [-0.2, -0.15) is 0 Å². The molecular formula is C16H26O. The lowest BCUT2D eigenvalue weighted by Crippen LogP contribution is -2.42. The molecule has 96 valence electrons. The lowest BCUT2D eigenvalue weighted by Gasteiger charge is -2.46. The van der Waals surface area contributed by atoms with Gasteiger partial charge in [0.05, 0.1) is 5.60 Å². The molecule has 0 bridgehead atoms. The molecule has 0 aromatic rings. The third kappa shape index (κ3) is 2.71. The van der Waals surface area contributed by atoms with Gasteiger partial charge in [-0.1, -0.05) is 31.2 Å². The topological polar surface area (TPSA) is 20.2 Å². The first kappa shape index (κ1) is 14.2. The Balaban J connectivity index is 2.94. The summed E-state index contributed by atoms with van der Waals surface area (Å²) in [6, 6.07) is 0. The molecule has 17 heavy (non-hydrogen) atoms. The van der Waals surface area contributed by atoms with Gasteiger partial charge in [0.15, 0.2) is 0 Å². The van der Waals surface area contributed by atoms with Gasteiger partial charge in [-0.15, -0.1) is 13.2 Å². The van der Waals surface area contributed by atoms with Crippen molar-refractivity contribution >= 4 is 0 Å². The number of hydrogen-bond acceptors (Lipinski definition) is 1. The Labute approximate surface area is 106 Å². The highest BCUT2D eigenvalue weighted by Gasteiger charge is 2.42. The molecule has 1 saturated carbocycles. The number of rotatable bonds is 4. The van der Waals surface area contributed by atoms with Crippen molar-refractivity contribution in [1.29, 1.82) is 0 Å². The molecule has 0 aromatic carbocycles. The number of aliphatic hydroxyl groups is 1. The molecular weight excluding hydrogens is 208 g/mol. The minimum Gasteiger partial charge on any atom is -0.386 e. The zero-order valence-corrected chi connectivity index (χ0v) is 11.5. The Morgan fingerprint density at radius 2 is 2.06 bits per heavy atom. The summed E-state index contributed by atoms with van der Waals surface area (Å²) in [5, 5.41) is 10.3. The predicted octanol–water partition coefficient (Wildman–Crippen LogP) is 4.11. The summed E-state index contributed by atoms with van der Waals surface area (Å²) in [4.78, 5) is 0. The lowest BCUT2D eigenvalue weighted by atomic mass is 9.59. The van der Waals surface area contributed by atoms with E-state index >= 15 is 0 Å². The standard InChI is InChI=1S/C16H26O/c1-7-15(5)10-9-13(16(6,17)8-2)11-14(15)12(3)4/h7-8,13-14,17H,1-3,9-11H2,4-6H3/t13-,14+,15-,16?/m0/s1. The van der Waals surface area contributed by atoms with Gasteiger partial charge >= 0.3 is 0 Å². The van der Waals surface area contributed by atoms with Crippen LogP contribution in [0.4, 0.5) is 0 Å². The van der Waals surface area contributed by atoms with Crippen molar-refractivity contribution in [1.82, 2.24) is 0 Å². The van der Waals surface area contributed by atoms with Crippen LogP contribution in [0.3, 0.4) is 0 Å². The lowest BCUT2D eigenvalue weighted by molar-refractivity contribution is -0.00198. The van der Waals surface area contributed by atoms with Gasteiger partial charge in [0.25, 0.3) is 0 Å². The van der Waals surface area contributed by atoms with Crippen LogP contribution >= 0.6 is 0 Å². The first-order valence-corrected chi connectivity index (χ1v) is 6.42. The van der Waals surface area contributed by atoms with E-state index in [1.165, 1.54) is 5.57 Å². The first-order valence-electron chi connectivity index (χ1n) is 6.42. The SMILES string of the molecule is C=CC(C)(O)[C@H]1CC[C@](C)(C=C)[C@@H](C(=C)C)C1. The third-order valence-electron chi connectivity index (χ3n) is 4.65. The molecule has 0 aromatic heterocycles. The monoisotopic (exact) mass is 234 g/mol. The predicted molar refractivity (Wildman–Crippen MR) is 74.8 cm³/mol. The van der Waals surface area contributed by atoms with Crippen LogP contribution in [0.2, 0.25) is 0 Å². The second kappa shape index (κ2) is 4.81. The van der Waals surface area contributed by atoms with Crippen molar-refractivity contribution in [3.63, 3.8) is 0 Å². The molecule has 1 aliphatic rings. The quantitative estimate of drug-likeness (QED) is 0.726. The average Bonchev–Trinajstić information content (AvgIpc) is 2.28. The maximum atomic E-state index is 10.3. The fourth-order valence-corrected chi connectivity index (χ4v) is 3.04. The Hall–Kier alpha value is -0.820. The summed E-state index contributed by atoms with van der Waals surface area (Å²) in [5.41, 5.74) is 0.549. The highest BCUT2D eigenvalue weighted by atomic mass is 16.3. The largest absolute Gasteiger partial charge is 0.386 e. The number of hydrogen-bond donors (Lipinski definition) is 1. The summed E-state index contributed by atoms with van der Waals surface area (Å²) in [6.45, 7) is 18.0. The molecule has 1 nitrogen and oxygen atoms in total. The Kier molecular flexibility index (Phi) is 4.03. The molecule has 1 aliphatic carbocycles. The van der Waals surface area contributed by atoms with Crippen molar-refractivity contribution in [2.45, 2.75) is 45.6 Å². The molecule has 0 spiro atoms. The molecule has 1 unspecified atom stereocenters. The van der Waals surface area contributed by atoms with Crippen molar-refractivity contribution in [3.8, 4) is 0 Å². The molecule has 1 rings (SSSR count). The van der Waals surface area contributed by atoms with Crippen LogP contribution in [0.5, 0.6) is 0 Å². The fraction of sp³-hybridized carbons (Fsp3) is 0.625. The minimum atomic E-state index is -0.768. The summed E-state index contributed by atoms with van der Waals surface area (Å²) in [5.74, 6) is 0.680. The minimum absolute atomic E-state index is 0.125. The summed E-state index contributed by atoms with van der Waals surface area (Å²) in [6.07, 6.45) is 6.78. The van der Waals surface area contributed by atoms with E-state index in [0.29, 0.717) is 5.92 Å². The van der Waals surface area contributed by atoms with Gasteiger partial charge in [-0.05, 0) is 50.4 Å². The van der Waals surface area contributed by atoms with Gasteiger partial charge < -0.3 is 5.11 Å². The smallest absolute Gasteiger partial charge is 0.0825 e. The van der Waals surface area contributed by atoms with E-state index in [-0.39, 0.29) is 11.3 Å². The van der Waals surface area contributed by atoms with Crippen LogP contribution in [0.25, 0.3) is 0 Å². The summed E-state index contributed by atoms with van der Waals surface area (Å²) >= 11 is 0. The van der Waals surface area contributed by atoms with Crippen LogP contribution in [0.15, 0.2) is 37.5 Å². The molecule has 0 radical (unpaired) electrons. The number of allylic oxidation sites excluding steroid dienone is 2. The zero-order valence-electron chi connectivity index (χ0n) is 11.5. The average molecular weight is 234 g/mol. The summed E-state index contributed by atoms with van der Waals surface area (Å²) < 4.78 is 0. The van der Waals surface area contributed by atoms with Gasteiger partial charge in [0, 0.05) is 0 Å². The van der Waals surface area contributed by atoms with Crippen molar-refractivity contribution in [2.75, 3.05) is 0 Å².